The number of rotatable bonds is 7. The maximum Gasteiger partial charge on any atom is 0.269 e. The molecule has 34 heavy (non-hydrogen) atoms. The third-order valence-electron chi connectivity index (χ3n) is 5.32. The van der Waals surface area contributed by atoms with Gasteiger partial charge in [-0.3, -0.25) is 25.2 Å². The molecule has 0 saturated heterocycles. The van der Waals surface area contributed by atoms with Crippen LogP contribution in [0.5, 0.6) is 0 Å². The van der Waals surface area contributed by atoms with Gasteiger partial charge in [-0.05, 0) is 86.8 Å². The monoisotopic (exact) mass is 480 g/mol. The molecule has 3 aromatic carbocycles. The van der Waals surface area contributed by atoms with Crippen molar-refractivity contribution in [3.8, 4) is 0 Å². The SMILES string of the molecule is Cc1ccc(NCC(=O)NNC(=O)c2ccc(NS(=O)(=O)c3ccc(C)c(C)c3)cc2)c(C)c1. The summed E-state index contributed by atoms with van der Waals surface area (Å²) in [5.41, 5.74) is 10.1. The molecule has 3 aromatic rings. The zero-order chi connectivity index (χ0) is 24.9. The van der Waals surface area contributed by atoms with E-state index in [0.717, 1.165) is 27.9 Å². The average Bonchev–Trinajstić information content (AvgIpc) is 2.79. The smallest absolute Gasteiger partial charge is 0.269 e. The van der Waals surface area contributed by atoms with Crippen molar-refractivity contribution in [1.82, 2.24) is 10.9 Å². The number of hydrazine groups is 1. The number of aryl methyl sites for hydroxylation is 4. The molecule has 0 radical (unpaired) electrons. The first kappa shape index (κ1) is 24.8. The average molecular weight is 481 g/mol. The Labute approximate surface area is 199 Å². The van der Waals surface area contributed by atoms with E-state index in [2.05, 4.69) is 20.9 Å². The molecule has 0 aliphatic heterocycles. The quantitative estimate of drug-likeness (QED) is 0.386. The molecule has 9 heteroatoms. The van der Waals surface area contributed by atoms with Gasteiger partial charge in [0.2, 0.25) is 0 Å². The van der Waals surface area contributed by atoms with Gasteiger partial charge in [0.1, 0.15) is 0 Å². The van der Waals surface area contributed by atoms with Crippen LogP contribution in [-0.4, -0.2) is 26.8 Å². The van der Waals surface area contributed by atoms with Crippen molar-refractivity contribution in [2.75, 3.05) is 16.6 Å². The van der Waals surface area contributed by atoms with Crippen molar-refractivity contribution < 1.29 is 18.0 Å². The van der Waals surface area contributed by atoms with Crippen LogP contribution in [0.1, 0.15) is 32.6 Å². The van der Waals surface area contributed by atoms with Gasteiger partial charge < -0.3 is 5.32 Å². The summed E-state index contributed by atoms with van der Waals surface area (Å²) in [7, 11) is -3.76. The van der Waals surface area contributed by atoms with E-state index in [9.17, 15) is 18.0 Å². The van der Waals surface area contributed by atoms with E-state index in [1.54, 1.807) is 18.2 Å². The number of nitrogens with one attached hydrogen (secondary N) is 4. The first-order chi connectivity index (χ1) is 16.0. The minimum atomic E-state index is -3.76. The van der Waals surface area contributed by atoms with Gasteiger partial charge in [-0.25, -0.2) is 8.42 Å². The fourth-order valence-corrected chi connectivity index (χ4v) is 4.36. The Bertz CT molecular complexity index is 1320. The normalized spacial score (nSPS) is 10.9. The molecule has 178 valence electrons. The lowest BCUT2D eigenvalue weighted by molar-refractivity contribution is -0.120. The molecule has 4 N–H and O–H groups in total. The topological polar surface area (TPSA) is 116 Å². The summed E-state index contributed by atoms with van der Waals surface area (Å²) in [5.74, 6) is -0.936. The second-order valence-electron chi connectivity index (χ2n) is 8.10. The van der Waals surface area contributed by atoms with Crippen molar-refractivity contribution in [2.45, 2.75) is 32.6 Å². The molecule has 0 heterocycles. The standard InChI is InChI=1S/C25H28N4O4S/c1-16-5-12-23(19(4)13-16)26-15-24(30)27-28-25(31)20-7-9-21(10-8-20)29-34(32,33)22-11-6-17(2)18(3)14-22/h5-14,26,29H,15H2,1-4H3,(H,27,30)(H,28,31). The summed E-state index contributed by atoms with van der Waals surface area (Å²) in [6.45, 7) is 7.68. The van der Waals surface area contributed by atoms with Gasteiger partial charge in [0.25, 0.3) is 21.8 Å². The summed E-state index contributed by atoms with van der Waals surface area (Å²) >= 11 is 0. The fourth-order valence-electron chi connectivity index (χ4n) is 3.22. The molecule has 8 nitrogen and oxygen atoms in total. The number of amides is 2. The summed E-state index contributed by atoms with van der Waals surface area (Å²) in [5, 5.41) is 3.02. The Morgan fingerprint density at radius 2 is 1.47 bits per heavy atom. The lowest BCUT2D eigenvalue weighted by Gasteiger charge is -2.12. The predicted octanol–water partition coefficient (Wildman–Crippen LogP) is 3.59. The molecule has 0 bridgehead atoms. The number of hydrogen-bond acceptors (Lipinski definition) is 5. The number of hydrogen-bond donors (Lipinski definition) is 4. The van der Waals surface area contributed by atoms with Crippen molar-refractivity contribution in [1.29, 1.82) is 0 Å². The van der Waals surface area contributed by atoms with Crippen LogP contribution in [0, 0.1) is 27.7 Å². The van der Waals surface area contributed by atoms with Gasteiger partial charge in [-0.1, -0.05) is 23.8 Å². The molecule has 3 rings (SSSR count). The molecular weight excluding hydrogens is 452 g/mol. The van der Waals surface area contributed by atoms with Gasteiger partial charge in [0.15, 0.2) is 0 Å². The first-order valence-electron chi connectivity index (χ1n) is 10.7. The molecule has 0 aromatic heterocycles. The summed E-state index contributed by atoms with van der Waals surface area (Å²) in [6.07, 6.45) is 0. The van der Waals surface area contributed by atoms with Gasteiger partial charge in [-0.15, -0.1) is 0 Å². The highest BCUT2D eigenvalue weighted by atomic mass is 32.2. The summed E-state index contributed by atoms with van der Waals surface area (Å²) in [6, 6.07) is 16.7. The van der Waals surface area contributed by atoms with Gasteiger partial charge in [-0.2, -0.15) is 0 Å². The molecule has 0 aliphatic carbocycles. The lowest BCUT2D eigenvalue weighted by Crippen LogP contribution is -2.44. The van der Waals surface area contributed by atoms with E-state index >= 15 is 0 Å². The van der Waals surface area contributed by atoms with E-state index in [-0.39, 0.29) is 17.0 Å². The number of benzene rings is 3. The Kier molecular flexibility index (Phi) is 7.57. The Morgan fingerprint density at radius 1 is 0.765 bits per heavy atom. The Morgan fingerprint density at radius 3 is 2.12 bits per heavy atom. The lowest BCUT2D eigenvalue weighted by atomic mass is 10.1. The number of carbonyl (C=O) groups is 2. The minimum absolute atomic E-state index is 0.0105. The third kappa shape index (κ3) is 6.35. The molecule has 0 unspecified atom stereocenters. The van der Waals surface area contributed by atoms with Crippen molar-refractivity contribution in [3.05, 3.63) is 88.5 Å². The van der Waals surface area contributed by atoms with Crippen LogP contribution in [0.4, 0.5) is 11.4 Å². The molecule has 2 amide bonds. The Hall–Kier alpha value is -3.85. The predicted molar refractivity (Wildman–Crippen MR) is 133 cm³/mol. The molecule has 0 aliphatic rings. The molecule has 0 saturated carbocycles. The van der Waals surface area contributed by atoms with Crippen molar-refractivity contribution in [2.24, 2.45) is 0 Å². The molecular formula is C25H28N4O4S. The second kappa shape index (κ2) is 10.4. The molecule has 0 spiro atoms. The van der Waals surface area contributed by atoms with Crippen LogP contribution in [0.15, 0.2) is 65.6 Å². The van der Waals surface area contributed by atoms with E-state index in [4.69, 9.17) is 0 Å². The first-order valence-corrected chi connectivity index (χ1v) is 12.1. The minimum Gasteiger partial charge on any atom is -0.376 e. The third-order valence-corrected chi connectivity index (χ3v) is 6.70. The second-order valence-corrected chi connectivity index (χ2v) is 9.79. The Balaban J connectivity index is 1.53. The number of sulfonamides is 1. The van der Waals surface area contributed by atoms with Crippen LogP contribution < -0.4 is 20.9 Å². The molecule has 0 fully saturated rings. The van der Waals surface area contributed by atoms with Crippen molar-refractivity contribution in [3.63, 3.8) is 0 Å². The van der Waals surface area contributed by atoms with Crippen LogP contribution in [0.25, 0.3) is 0 Å². The number of anilines is 2. The van der Waals surface area contributed by atoms with Crippen LogP contribution in [0.3, 0.4) is 0 Å². The summed E-state index contributed by atoms with van der Waals surface area (Å²) in [4.78, 5) is 24.5. The largest absolute Gasteiger partial charge is 0.376 e. The van der Waals surface area contributed by atoms with Crippen LogP contribution in [-0.2, 0) is 14.8 Å². The zero-order valence-corrected chi connectivity index (χ0v) is 20.3. The highest BCUT2D eigenvalue weighted by Crippen LogP contribution is 2.19. The molecule has 0 atom stereocenters. The maximum absolute atomic E-state index is 12.6. The van der Waals surface area contributed by atoms with Gasteiger partial charge in [0.05, 0.1) is 11.4 Å². The van der Waals surface area contributed by atoms with Crippen LogP contribution >= 0.6 is 0 Å². The van der Waals surface area contributed by atoms with Gasteiger partial charge in [0, 0.05) is 16.9 Å². The number of carbonyl (C=O) groups excluding carboxylic acids is 2. The van der Waals surface area contributed by atoms with E-state index in [0.29, 0.717) is 5.69 Å². The highest BCUT2D eigenvalue weighted by molar-refractivity contribution is 7.92. The zero-order valence-electron chi connectivity index (χ0n) is 19.5. The fraction of sp³-hybridized carbons (Fsp3) is 0.200. The van der Waals surface area contributed by atoms with Crippen molar-refractivity contribution >= 4 is 33.2 Å². The summed E-state index contributed by atoms with van der Waals surface area (Å²) < 4.78 is 27.7. The van der Waals surface area contributed by atoms with E-state index < -0.39 is 21.8 Å². The highest BCUT2D eigenvalue weighted by Gasteiger charge is 2.15. The van der Waals surface area contributed by atoms with Crippen LogP contribution in [0.2, 0.25) is 0 Å². The van der Waals surface area contributed by atoms with Gasteiger partial charge >= 0.3 is 0 Å². The van der Waals surface area contributed by atoms with E-state index in [1.807, 2.05) is 45.9 Å². The van der Waals surface area contributed by atoms with E-state index in [1.165, 1.54) is 24.3 Å². The maximum atomic E-state index is 12.6.